The van der Waals surface area contributed by atoms with Gasteiger partial charge in [0.1, 0.15) is 0 Å². The highest BCUT2D eigenvalue weighted by Gasteiger charge is 2.34. The fourth-order valence-corrected chi connectivity index (χ4v) is 4.42. The molecule has 0 bridgehead atoms. The normalized spacial score (nSPS) is 26.0. The Hall–Kier alpha value is -0.0900. The van der Waals surface area contributed by atoms with Crippen LogP contribution in [-0.2, 0) is 9.84 Å². The molecule has 1 heterocycles. The van der Waals surface area contributed by atoms with Crippen LogP contribution in [0.15, 0.2) is 0 Å². The van der Waals surface area contributed by atoms with Gasteiger partial charge in [0.15, 0.2) is 9.84 Å². The molecule has 1 aliphatic heterocycles. The van der Waals surface area contributed by atoms with Crippen LogP contribution in [0, 0.1) is 11.3 Å². The average molecular weight is 261 g/mol. The number of hydrogen-bond donors (Lipinski definition) is 1. The zero-order valence-electron chi connectivity index (χ0n) is 11.6. The summed E-state index contributed by atoms with van der Waals surface area (Å²) in [5.74, 6) is 1.07. The van der Waals surface area contributed by atoms with Crippen LogP contribution in [0.2, 0.25) is 0 Å². The van der Waals surface area contributed by atoms with Gasteiger partial charge >= 0.3 is 0 Å². The molecule has 0 aromatic heterocycles. The summed E-state index contributed by atoms with van der Waals surface area (Å²) in [6.07, 6.45) is 2.98. The molecule has 17 heavy (non-hydrogen) atoms. The van der Waals surface area contributed by atoms with E-state index in [2.05, 4.69) is 33.0 Å². The van der Waals surface area contributed by atoms with Crippen molar-refractivity contribution in [1.29, 1.82) is 0 Å². The molecule has 1 N–H and O–H groups in total. The van der Waals surface area contributed by atoms with Crippen molar-refractivity contribution < 1.29 is 8.42 Å². The molecule has 0 aromatic rings. The van der Waals surface area contributed by atoms with E-state index in [1.54, 1.807) is 0 Å². The van der Waals surface area contributed by atoms with Crippen LogP contribution >= 0.6 is 0 Å². The first-order valence-electron chi connectivity index (χ1n) is 6.67. The van der Waals surface area contributed by atoms with Crippen molar-refractivity contribution in [3.63, 3.8) is 0 Å². The van der Waals surface area contributed by atoms with Crippen LogP contribution in [0.1, 0.15) is 47.0 Å². The molecule has 0 aromatic carbocycles. The summed E-state index contributed by atoms with van der Waals surface area (Å²) in [5, 5.41) is 3.54. The van der Waals surface area contributed by atoms with Gasteiger partial charge in [-0.15, -0.1) is 0 Å². The molecular weight excluding hydrogens is 234 g/mol. The molecule has 0 saturated carbocycles. The van der Waals surface area contributed by atoms with Crippen molar-refractivity contribution in [3.05, 3.63) is 0 Å². The summed E-state index contributed by atoms with van der Waals surface area (Å²) in [5.41, 5.74) is 0.248. The molecular formula is C13H27NO2S. The van der Waals surface area contributed by atoms with E-state index in [1.807, 2.05) is 0 Å². The van der Waals surface area contributed by atoms with Gasteiger partial charge in [0, 0.05) is 6.04 Å². The number of nitrogens with one attached hydrogen (secondary N) is 1. The second kappa shape index (κ2) is 5.70. The van der Waals surface area contributed by atoms with E-state index in [0.29, 0.717) is 23.5 Å². The third-order valence-corrected chi connectivity index (χ3v) is 5.12. The van der Waals surface area contributed by atoms with E-state index < -0.39 is 9.84 Å². The summed E-state index contributed by atoms with van der Waals surface area (Å²) in [7, 11) is -2.76. The van der Waals surface area contributed by atoms with Gasteiger partial charge in [-0.1, -0.05) is 27.7 Å². The molecule has 0 amide bonds. The molecule has 102 valence electrons. The molecule has 2 unspecified atom stereocenters. The summed E-state index contributed by atoms with van der Waals surface area (Å²) in [4.78, 5) is 0. The van der Waals surface area contributed by atoms with E-state index in [-0.39, 0.29) is 5.41 Å². The third kappa shape index (κ3) is 5.38. The van der Waals surface area contributed by atoms with Crippen molar-refractivity contribution in [2.45, 2.75) is 53.0 Å². The minimum absolute atomic E-state index is 0.248. The fourth-order valence-electron chi connectivity index (χ4n) is 2.54. The lowest BCUT2D eigenvalue weighted by Gasteiger charge is -2.30. The van der Waals surface area contributed by atoms with Gasteiger partial charge in [-0.25, -0.2) is 8.42 Å². The van der Waals surface area contributed by atoms with Crippen molar-refractivity contribution in [1.82, 2.24) is 5.32 Å². The quantitative estimate of drug-likeness (QED) is 0.825. The second-order valence-electron chi connectivity index (χ2n) is 6.49. The smallest absolute Gasteiger partial charge is 0.150 e. The average Bonchev–Trinajstić information content (AvgIpc) is 2.51. The van der Waals surface area contributed by atoms with Gasteiger partial charge in [0.05, 0.1) is 11.5 Å². The van der Waals surface area contributed by atoms with Crippen LogP contribution in [0.5, 0.6) is 0 Å². The maximum Gasteiger partial charge on any atom is 0.150 e. The molecule has 1 aliphatic rings. The zero-order valence-corrected chi connectivity index (χ0v) is 12.4. The first-order chi connectivity index (χ1) is 7.73. The first-order valence-corrected chi connectivity index (χ1v) is 8.49. The second-order valence-corrected chi connectivity index (χ2v) is 8.72. The SMILES string of the molecule is CCCNC(CC(C)(C)C)C1CCS(=O)(=O)C1. The molecule has 2 atom stereocenters. The predicted octanol–water partition coefficient (Wildman–Crippen LogP) is 2.23. The lowest BCUT2D eigenvalue weighted by atomic mass is 9.82. The zero-order chi connectivity index (χ0) is 13.1. The summed E-state index contributed by atoms with van der Waals surface area (Å²) < 4.78 is 23.1. The largest absolute Gasteiger partial charge is 0.314 e. The molecule has 1 rings (SSSR count). The first kappa shape index (κ1) is 15.0. The van der Waals surface area contributed by atoms with Crippen molar-refractivity contribution in [2.24, 2.45) is 11.3 Å². The standard InChI is InChI=1S/C13H27NO2S/c1-5-7-14-12(9-13(2,3)4)11-6-8-17(15,16)10-11/h11-12,14H,5-10H2,1-4H3. The number of rotatable bonds is 5. The van der Waals surface area contributed by atoms with Crippen LogP contribution in [0.25, 0.3) is 0 Å². The van der Waals surface area contributed by atoms with E-state index in [9.17, 15) is 8.42 Å². The van der Waals surface area contributed by atoms with Crippen molar-refractivity contribution in [2.75, 3.05) is 18.1 Å². The number of sulfone groups is 1. The topological polar surface area (TPSA) is 46.2 Å². The van der Waals surface area contributed by atoms with E-state index in [0.717, 1.165) is 25.8 Å². The molecule has 1 fully saturated rings. The molecule has 4 heteroatoms. The molecule has 1 saturated heterocycles. The van der Waals surface area contributed by atoms with Gasteiger partial charge in [-0.05, 0) is 37.1 Å². The summed E-state index contributed by atoms with van der Waals surface area (Å²) >= 11 is 0. The van der Waals surface area contributed by atoms with E-state index >= 15 is 0 Å². The minimum atomic E-state index is -2.76. The predicted molar refractivity (Wildman–Crippen MR) is 72.9 cm³/mol. The third-order valence-electron chi connectivity index (χ3n) is 3.33. The Balaban J connectivity index is 2.63. The van der Waals surface area contributed by atoms with Gasteiger partial charge in [-0.2, -0.15) is 0 Å². The van der Waals surface area contributed by atoms with Gasteiger partial charge in [0.2, 0.25) is 0 Å². The van der Waals surface area contributed by atoms with Crippen LogP contribution in [-0.4, -0.2) is 32.5 Å². The van der Waals surface area contributed by atoms with Gasteiger partial charge in [-0.3, -0.25) is 0 Å². The maximum atomic E-state index is 11.6. The summed E-state index contributed by atoms with van der Waals surface area (Å²) in [6.45, 7) is 9.79. The lowest BCUT2D eigenvalue weighted by molar-refractivity contribution is 0.258. The van der Waals surface area contributed by atoms with Crippen LogP contribution in [0.4, 0.5) is 0 Å². The Labute approximate surface area is 106 Å². The van der Waals surface area contributed by atoms with Gasteiger partial charge < -0.3 is 5.32 Å². The fraction of sp³-hybridized carbons (Fsp3) is 1.00. The van der Waals surface area contributed by atoms with E-state index in [1.165, 1.54) is 0 Å². The molecule has 0 spiro atoms. The molecule has 3 nitrogen and oxygen atoms in total. The van der Waals surface area contributed by atoms with Crippen molar-refractivity contribution >= 4 is 9.84 Å². The highest BCUT2D eigenvalue weighted by molar-refractivity contribution is 7.91. The Morgan fingerprint density at radius 2 is 2.00 bits per heavy atom. The Morgan fingerprint density at radius 1 is 1.35 bits per heavy atom. The van der Waals surface area contributed by atoms with Gasteiger partial charge in [0.25, 0.3) is 0 Å². The Bertz CT molecular complexity index is 330. The minimum Gasteiger partial charge on any atom is -0.314 e. The monoisotopic (exact) mass is 261 g/mol. The maximum absolute atomic E-state index is 11.6. The highest BCUT2D eigenvalue weighted by atomic mass is 32.2. The van der Waals surface area contributed by atoms with Crippen molar-refractivity contribution in [3.8, 4) is 0 Å². The highest BCUT2D eigenvalue weighted by Crippen LogP contribution is 2.29. The van der Waals surface area contributed by atoms with Crippen LogP contribution in [0.3, 0.4) is 0 Å². The van der Waals surface area contributed by atoms with Crippen LogP contribution < -0.4 is 5.32 Å². The Morgan fingerprint density at radius 3 is 2.41 bits per heavy atom. The lowest BCUT2D eigenvalue weighted by Crippen LogP contribution is -2.40. The molecule has 0 radical (unpaired) electrons. The Kier molecular flexibility index (Phi) is 5.02. The number of hydrogen-bond acceptors (Lipinski definition) is 3. The van der Waals surface area contributed by atoms with E-state index in [4.69, 9.17) is 0 Å². The molecule has 0 aliphatic carbocycles. The summed E-state index contributed by atoms with van der Waals surface area (Å²) in [6, 6.07) is 0.354.